The van der Waals surface area contributed by atoms with E-state index < -0.39 is 10.0 Å². The van der Waals surface area contributed by atoms with Crippen molar-refractivity contribution in [3.05, 3.63) is 58.7 Å². The van der Waals surface area contributed by atoms with Crippen molar-refractivity contribution < 1.29 is 13.2 Å². The lowest BCUT2D eigenvalue weighted by atomic mass is 10.0. The fourth-order valence-corrected chi connectivity index (χ4v) is 3.47. The van der Waals surface area contributed by atoms with Gasteiger partial charge in [0.25, 0.3) is 0 Å². The Morgan fingerprint density at radius 1 is 1.04 bits per heavy atom. The molecule has 6 nitrogen and oxygen atoms in total. The lowest BCUT2D eigenvalue weighted by molar-refractivity contribution is 0.249. The van der Waals surface area contributed by atoms with Crippen LogP contribution < -0.4 is 15.4 Å². The number of benzene rings is 2. The average molecular weight is 390 g/mol. The SMILES string of the molecule is CCS(=O)(=O)Nc1ccc(NC(=O)NC(C)c2cc(C)ccc2C)cc1C. The van der Waals surface area contributed by atoms with Crippen LogP contribution in [0.3, 0.4) is 0 Å². The lowest BCUT2D eigenvalue weighted by Gasteiger charge is -2.18. The summed E-state index contributed by atoms with van der Waals surface area (Å²) in [6.07, 6.45) is 0. The van der Waals surface area contributed by atoms with Gasteiger partial charge in [0.15, 0.2) is 0 Å². The Morgan fingerprint density at radius 3 is 2.37 bits per heavy atom. The Labute approximate surface area is 161 Å². The maximum Gasteiger partial charge on any atom is 0.319 e. The zero-order chi connectivity index (χ0) is 20.2. The van der Waals surface area contributed by atoms with Crippen LogP contribution in [0.15, 0.2) is 36.4 Å². The highest BCUT2D eigenvalue weighted by atomic mass is 32.2. The van der Waals surface area contributed by atoms with Gasteiger partial charge in [-0.1, -0.05) is 23.8 Å². The predicted molar refractivity (Wildman–Crippen MR) is 111 cm³/mol. The molecule has 2 aromatic carbocycles. The first-order valence-electron chi connectivity index (χ1n) is 8.87. The van der Waals surface area contributed by atoms with Crippen LogP contribution in [0, 0.1) is 20.8 Å². The first kappa shape index (κ1) is 20.8. The van der Waals surface area contributed by atoms with Gasteiger partial charge in [-0.15, -0.1) is 0 Å². The molecule has 0 radical (unpaired) electrons. The fraction of sp³-hybridized carbons (Fsp3) is 0.350. The molecule has 1 unspecified atom stereocenters. The summed E-state index contributed by atoms with van der Waals surface area (Å²) in [6, 6.07) is 10.7. The van der Waals surface area contributed by atoms with Crippen LogP contribution in [0.5, 0.6) is 0 Å². The van der Waals surface area contributed by atoms with Crippen LogP contribution in [-0.4, -0.2) is 20.2 Å². The molecule has 7 heteroatoms. The second kappa shape index (κ2) is 8.43. The van der Waals surface area contributed by atoms with Gasteiger partial charge in [-0.25, -0.2) is 13.2 Å². The Bertz CT molecular complexity index is 939. The smallest absolute Gasteiger partial charge is 0.319 e. The van der Waals surface area contributed by atoms with Crippen LogP contribution in [0.2, 0.25) is 0 Å². The summed E-state index contributed by atoms with van der Waals surface area (Å²) in [7, 11) is -3.33. The van der Waals surface area contributed by atoms with Gasteiger partial charge in [0, 0.05) is 5.69 Å². The monoisotopic (exact) mass is 389 g/mol. The van der Waals surface area contributed by atoms with Gasteiger partial charge in [0.2, 0.25) is 10.0 Å². The molecule has 0 spiro atoms. The first-order chi connectivity index (χ1) is 12.6. The molecule has 2 aromatic rings. The van der Waals surface area contributed by atoms with Crippen molar-refractivity contribution in [3.8, 4) is 0 Å². The fourth-order valence-electron chi connectivity index (χ4n) is 2.76. The number of aryl methyl sites for hydroxylation is 3. The minimum atomic E-state index is -3.33. The Kier molecular flexibility index (Phi) is 6.49. The maximum atomic E-state index is 12.3. The second-order valence-corrected chi connectivity index (χ2v) is 8.73. The van der Waals surface area contributed by atoms with Gasteiger partial charge >= 0.3 is 6.03 Å². The molecule has 0 aliphatic heterocycles. The summed E-state index contributed by atoms with van der Waals surface area (Å²) in [4.78, 5) is 12.3. The molecule has 2 amide bonds. The second-order valence-electron chi connectivity index (χ2n) is 6.72. The van der Waals surface area contributed by atoms with Crippen LogP contribution in [0.25, 0.3) is 0 Å². The average Bonchev–Trinajstić information content (AvgIpc) is 2.59. The van der Waals surface area contributed by atoms with E-state index in [9.17, 15) is 13.2 Å². The Morgan fingerprint density at radius 2 is 1.74 bits per heavy atom. The van der Waals surface area contributed by atoms with E-state index in [4.69, 9.17) is 0 Å². The van der Waals surface area contributed by atoms with Gasteiger partial charge in [0.05, 0.1) is 17.5 Å². The molecular weight excluding hydrogens is 362 g/mol. The molecule has 3 N–H and O–H groups in total. The van der Waals surface area contributed by atoms with Crippen molar-refractivity contribution in [1.82, 2.24) is 5.32 Å². The highest BCUT2D eigenvalue weighted by Gasteiger charge is 2.13. The molecule has 0 heterocycles. The van der Waals surface area contributed by atoms with E-state index in [2.05, 4.69) is 21.4 Å². The minimum absolute atomic E-state index is 0.00507. The molecule has 146 valence electrons. The quantitative estimate of drug-likeness (QED) is 0.690. The summed E-state index contributed by atoms with van der Waals surface area (Å²) in [5.74, 6) is 0.00507. The van der Waals surface area contributed by atoms with E-state index >= 15 is 0 Å². The van der Waals surface area contributed by atoms with Crippen molar-refractivity contribution in [3.63, 3.8) is 0 Å². The molecule has 0 fully saturated rings. The molecule has 0 aromatic heterocycles. The number of hydrogen-bond acceptors (Lipinski definition) is 3. The molecule has 0 aliphatic rings. The Balaban J connectivity index is 2.05. The summed E-state index contributed by atoms with van der Waals surface area (Å²) < 4.78 is 25.9. The van der Waals surface area contributed by atoms with Crippen LogP contribution in [-0.2, 0) is 10.0 Å². The van der Waals surface area contributed by atoms with E-state index in [1.54, 1.807) is 32.0 Å². The molecule has 27 heavy (non-hydrogen) atoms. The van der Waals surface area contributed by atoms with Gasteiger partial charge in [-0.05, 0) is 69.5 Å². The summed E-state index contributed by atoms with van der Waals surface area (Å²) in [6.45, 7) is 9.34. The highest BCUT2D eigenvalue weighted by Crippen LogP contribution is 2.22. The minimum Gasteiger partial charge on any atom is -0.331 e. The standard InChI is InChI=1S/C20H27N3O3S/c1-6-27(25,26)23-19-10-9-17(12-15(19)4)22-20(24)21-16(5)18-11-13(2)7-8-14(18)3/h7-12,16,23H,6H2,1-5H3,(H2,21,22,24). The maximum absolute atomic E-state index is 12.3. The number of sulfonamides is 1. The van der Waals surface area contributed by atoms with Gasteiger partial charge in [0.1, 0.15) is 0 Å². The van der Waals surface area contributed by atoms with Crippen LogP contribution >= 0.6 is 0 Å². The number of rotatable bonds is 6. The van der Waals surface area contributed by atoms with Gasteiger partial charge < -0.3 is 10.6 Å². The molecular formula is C20H27N3O3S. The third-order valence-corrected chi connectivity index (χ3v) is 5.67. The van der Waals surface area contributed by atoms with Crippen LogP contribution in [0.4, 0.5) is 16.2 Å². The third kappa shape index (κ3) is 5.72. The lowest BCUT2D eigenvalue weighted by Crippen LogP contribution is -2.31. The zero-order valence-electron chi connectivity index (χ0n) is 16.4. The molecule has 0 saturated heterocycles. The predicted octanol–water partition coefficient (Wildman–Crippen LogP) is 4.26. The number of carbonyl (C=O) groups excluding carboxylic acids is 1. The summed E-state index contributed by atoms with van der Waals surface area (Å²) in [5.41, 5.74) is 5.17. The van der Waals surface area contributed by atoms with E-state index in [-0.39, 0.29) is 17.8 Å². The van der Waals surface area contributed by atoms with E-state index in [1.165, 1.54) is 0 Å². The number of nitrogens with one attached hydrogen (secondary N) is 3. The van der Waals surface area contributed by atoms with E-state index in [1.807, 2.05) is 32.9 Å². The third-order valence-electron chi connectivity index (χ3n) is 4.38. The molecule has 0 aliphatic carbocycles. The normalized spacial score (nSPS) is 12.3. The Hall–Kier alpha value is -2.54. The van der Waals surface area contributed by atoms with Crippen molar-refractivity contribution in [1.29, 1.82) is 0 Å². The number of carbonyl (C=O) groups is 1. The number of anilines is 2. The summed E-state index contributed by atoms with van der Waals surface area (Å²) in [5, 5.41) is 5.73. The van der Waals surface area contributed by atoms with E-state index in [0.29, 0.717) is 11.4 Å². The van der Waals surface area contributed by atoms with Crippen molar-refractivity contribution in [2.75, 3.05) is 15.8 Å². The highest BCUT2D eigenvalue weighted by molar-refractivity contribution is 7.92. The molecule has 1 atom stereocenters. The number of urea groups is 1. The molecule has 0 bridgehead atoms. The first-order valence-corrected chi connectivity index (χ1v) is 10.5. The van der Waals surface area contributed by atoms with E-state index in [0.717, 1.165) is 22.3 Å². The molecule has 2 rings (SSSR count). The number of hydrogen-bond donors (Lipinski definition) is 3. The van der Waals surface area contributed by atoms with Crippen molar-refractivity contribution in [2.45, 2.75) is 40.7 Å². The van der Waals surface area contributed by atoms with Crippen LogP contribution in [0.1, 0.15) is 42.1 Å². The number of amides is 2. The van der Waals surface area contributed by atoms with Crippen molar-refractivity contribution >= 4 is 27.4 Å². The molecule has 0 saturated carbocycles. The van der Waals surface area contributed by atoms with Crippen molar-refractivity contribution in [2.24, 2.45) is 0 Å². The zero-order valence-corrected chi connectivity index (χ0v) is 17.2. The van der Waals surface area contributed by atoms with Gasteiger partial charge in [-0.2, -0.15) is 0 Å². The largest absolute Gasteiger partial charge is 0.331 e. The summed E-state index contributed by atoms with van der Waals surface area (Å²) >= 11 is 0. The topological polar surface area (TPSA) is 87.3 Å². The van der Waals surface area contributed by atoms with Gasteiger partial charge in [-0.3, -0.25) is 4.72 Å².